The lowest BCUT2D eigenvalue weighted by molar-refractivity contribution is -0.124. The molecule has 2 N–H and O–H groups in total. The molecule has 0 aliphatic rings. The number of carbonyl (C=O) groups excluding carboxylic acids is 2. The molecule has 0 bridgehead atoms. The number of hydrogen-bond donors (Lipinski definition) is 2. The third-order valence-corrected chi connectivity index (χ3v) is 4.98. The minimum Gasteiger partial charge on any atom is -0.493 e. The SMILES string of the molecule is COc1cc(C=NNC(=O)CCC(=O)Nc2ccc(C)cc2)ccc1OCc1cccc(C)c1. The zero-order valence-electron chi connectivity index (χ0n) is 19.6. The van der Waals surface area contributed by atoms with E-state index in [2.05, 4.69) is 21.9 Å². The van der Waals surface area contributed by atoms with Crippen LogP contribution in [0, 0.1) is 13.8 Å². The van der Waals surface area contributed by atoms with Crippen LogP contribution in [0.5, 0.6) is 11.5 Å². The molecule has 0 aromatic heterocycles. The first kappa shape index (κ1) is 24.5. The molecule has 3 aromatic carbocycles. The lowest BCUT2D eigenvalue weighted by atomic mass is 10.1. The summed E-state index contributed by atoms with van der Waals surface area (Å²) in [5.74, 6) is 0.606. The van der Waals surface area contributed by atoms with E-state index in [0.29, 0.717) is 23.8 Å². The lowest BCUT2D eigenvalue weighted by Crippen LogP contribution is -2.20. The standard InChI is InChI=1S/C27H29N3O4/c1-19-7-10-23(11-8-19)29-26(31)13-14-27(32)30-28-17-21-9-12-24(25(16-21)33-3)34-18-22-6-4-5-20(2)15-22/h4-12,15-17H,13-14,18H2,1-3H3,(H,29,31)(H,30,32). The first-order valence-electron chi connectivity index (χ1n) is 11.0. The summed E-state index contributed by atoms with van der Waals surface area (Å²) in [6.45, 7) is 4.44. The number of amides is 2. The molecule has 0 heterocycles. The van der Waals surface area contributed by atoms with Crippen LogP contribution >= 0.6 is 0 Å². The van der Waals surface area contributed by atoms with Gasteiger partial charge in [0, 0.05) is 18.5 Å². The predicted molar refractivity (Wildman–Crippen MR) is 133 cm³/mol. The molecule has 7 nitrogen and oxygen atoms in total. The highest BCUT2D eigenvalue weighted by atomic mass is 16.5. The Morgan fingerprint density at radius 2 is 1.65 bits per heavy atom. The van der Waals surface area contributed by atoms with Crippen LogP contribution in [-0.2, 0) is 16.2 Å². The predicted octanol–water partition coefficient (Wildman–Crippen LogP) is 4.76. The fourth-order valence-electron chi connectivity index (χ4n) is 3.17. The van der Waals surface area contributed by atoms with E-state index < -0.39 is 0 Å². The van der Waals surface area contributed by atoms with E-state index >= 15 is 0 Å². The van der Waals surface area contributed by atoms with Crippen molar-refractivity contribution in [1.82, 2.24) is 5.43 Å². The number of aryl methyl sites for hydroxylation is 2. The highest BCUT2D eigenvalue weighted by Gasteiger charge is 2.08. The number of hydrazone groups is 1. The van der Waals surface area contributed by atoms with Gasteiger partial charge in [0.2, 0.25) is 11.8 Å². The second kappa shape index (κ2) is 12.2. The molecule has 0 atom stereocenters. The largest absolute Gasteiger partial charge is 0.493 e. The molecule has 0 unspecified atom stereocenters. The van der Waals surface area contributed by atoms with Crippen molar-refractivity contribution in [1.29, 1.82) is 0 Å². The van der Waals surface area contributed by atoms with Crippen molar-refractivity contribution < 1.29 is 19.1 Å². The summed E-state index contributed by atoms with van der Waals surface area (Å²) in [5, 5.41) is 6.73. The normalized spacial score (nSPS) is 10.7. The minimum atomic E-state index is -0.347. The van der Waals surface area contributed by atoms with Gasteiger partial charge in [-0.15, -0.1) is 0 Å². The molecule has 176 valence electrons. The number of carbonyl (C=O) groups is 2. The van der Waals surface area contributed by atoms with Crippen molar-refractivity contribution in [2.24, 2.45) is 5.10 Å². The van der Waals surface area contributed by atoms with Crippen LogP contribution in [0.3, 0.4) is 0 Å². The second-order valence-electron chi connectivity index (χ2n) is 7.90. The molecule has 2 amide bonds. The molecular formula is C27H29N3O4. The van der Waals surface area contributed by atoms with Crippen molar-refractivity contribution in [2.75, 3.05) is 12.4 Å². The third-order valence-electron chi connectivity index (χ3n) is 4.98. The summed E-state index contributed by atoms with van der Waals surface area (Å²) in [7, 11) is 1.57. The van der Waals surface area contributed by atoms with Crippen molar-refractivity contribution in [3.63, 3.8) is 0 Å². The fraction of sp³-hybridized carbons (Fsp3) is 0.222. The molecule has 0 fully saturated rings. The molecule has 34 heavy (non-hydrogen) atoms. The second-order valence-corrected chi connectivity index (χ2v) is 7.90. The maximum Gasteiger partial charge on any atom is 0.240 e. The summed E-state index contributed by atoms with van der Waals surface area (Å²) >= 11 is 0. The van der Waals surface area contributed by atoms with Gasteiger partial charge in [-0.05, 0) is 55.3 Å². The van der Waals surface area contributed by atoms with E-state index in [9.17, 15) is 9.59 Å². The van der Waals surface area contributed by atoms with Crippen LogP contribution in [0.2, 0.25) is 0 Å². The van der Waals surface area contributed by atoms with Crippen LogP contribution < -0.4 is 20.2 Å². The van der Waals surface area contributed by atoms with Crippen LogP contribution in [0.4, 0.5) is 5.69 Å². The van der Waals surface area contributed by atoms with E-state index in [-0.39, 0.29) is 24.7 Å². The number of rotatable bonds is 10. The number of nitrogens with one attached hydrogen (secondary N) is 2. The Labute approximate surface area is 199 Å². The average Bonchev–Trinajstić information content (AvgIpc) is 2.83. The monoisotopic (exact) mass is 459 g/mol. The van der Waals surface area contributed by atoms with Gasteiger partial charge in [-0.25, -0.2) is 5.43 Å². The van der Waals surface area contributed by atoms with Crippen molar-refractivity contribution >= 4 is 23.7 Å². The molecule has 3 rings (SSSR count). The molecule has 0 aliphatic carbocycles. The average molecular weight is 460 g/mol. The van der Waals surface area contributed by atoms with Gasteiger partial charge in [0.05, 0.1) is 13.3 Å². The first-order valence-corrected chi connectivity index (χ1v) is 11.0. The van der Waals surface area contributed by atoms with Crippen molar-refractivity contribution in [2.45, 2.75) is 33.3 Å². The van der Waals surface area contributed by atoms with Gasteiger partial charge >= 0.3 is 0 Å². The molecule has 0 spiro atoms. The Bertz CT molecular complexity index is 1160. The third kappa shape index (κ3) is 7.78. The molecule has 3 aromatic rings. The van der Waals surface area contributed by atoms with E-state index in [1.165, 1.54) is 11.8 Å². The zero-order valence-corrected chi connectivity index (χ0v) is 19.6. The van der Waals surface area contributed by atoms with Crippen molar-refractivity contribution in [3.8, 4) is 11.5 Å². The van der Waals surface area contributed by atoms with Gasteiger partial charge in [0.1, 0.15) is 6.61 Å². The Hall–Kier alpha value is -4.13. The van der Waals surface area contributed by atoms with Gasteiger partial charge in [-0.1, -0.05) is 47.5 Å². The summed E-state index contributed by atoms with van der Waals surface area (Å²) in [6.07, 6.45) is 1.61. The van der Waals surface area contributed by atoms with Gasteiger partial charge in [-0.2, -0.15) is 5.10 Å². The Balaban J connectivity index is 1.46. The van der Waals surface area contributed by atoms with Gasteiger partial charge in [-0.3, -0.25) is 9.59 Å². The summed E-state index contributed by atoms with van der Waals surface area (Å²) in [6, 6.07) is 21.0. The maximum atomic E-state index is 12.0. The van der Waals surface area contributed by atoms with Gasteiger partial charge in [0.15, 0.2) is 11.5 Å². The Morgan fingerprint density at radius 1 is 0.882 bits per heavy atom. The number of methoxy groups -OCH3 is 1. The molecule has 7 heteroatoms. The van der Waals surface area contributed by atoms with Gasteiger partial charge in [0.25, 0.3) is 0 Å². The van der Waals surface area contributed by atoms with Crippen LogP contribution in [-0.4, -0.2) is 25.1 Å². The van der Waals surface area contributed by atoms with Gasteiger partial charge < -0.3 is 14.8 Å². The van der Waals surface area contributed by atoms with Crippen LogP contribution in [0.1, 0.15) is 35.1 Å². The molecule has 0 radical (unpaired) electrons. The molecule has 0 aliphatic heterocycles. The highest BCUT2D eigenvalue weighted by Crippen LogP contribution is 2.28. The number of hydrogen-bond acceptors (Lipinski definition) is 5. The summed E-state index contributed by atoms with van der Waals surface area (Å²) in [5.41, 5.74) is 7.23. The smallest absolute Gasteiger partial charge is 0.240 e. The molecular weight excluding hydrogens is 430 g/mol. The van der Waals surface area contributed by atoms with E-state index in [1.54, 1.807) is 19.2 Å². The Morgan fingerprint density at radius 3 is 2.38 bits per heavy atom. The zero-order chi connectivity index (χ0) is 24.3. The lowest BCUT2D eigenvalue weighted by Gasteiger charge is -2.11. The fourth-order valence-corrected chi connectivity index (χ4v) is 3.17. The summed E-state index contributed by atoms with van der Waals surface area (Å²) < 4.78 is 11.3. The summed E-state index contributed by atoms with van der Waals surface area (Å²) in [4.78, 5) is 24.0. The topological polar surface area (TPSA) is 89.0 Å². The van der Waals surface area contributed by atoms with E-state index in [1.807, 2.05) is 62.4 Å². The first-order chi connectivity index (χ1) is 16.4. The van der Waals surface area contributed by atoms with E-state index in [4.69, 9.17) is 9.47 Å². The number of anilines is 1. The molecule has 0 saturated carbocycles. The number of ether oxygens (including phenoxy) is 2. The van der Waals surface area contributed by atoms with Crippen LogP contribution in [0.25, 0.3) is 0 Å². The Kier molecular flexibility index (Phi) is 8.80. The van der Waals surface area contributed by atoms with E-state index in [0.717, 1.165) is 16.7 Å². The van der Waals surface area contributed by atoms with Crippen molar-refractivity contribution in [3.05, 3.63) is 89.0 Å². The number of nitrogens with zero attached hydrogens (tertiary/aromatic N) is 1. The van der Waals surface area contributed by atoms with Crippen LogP contribution in [0.15, 0.2) is 71.8 Å². The molecule has 0 saturated heterocycles. The quantitative estimate of drug-likeness (QED) is 0.338. The minimum absolute atomic E-state index is 0.0318. The maximum absolute atomic E-state index is 12.0. The highest BCUT2D eigenvalue weighted by molar-refractivity contribution is 5.93. The number of benzene rings is 3.